The van der Waals surface area contributed by atoms with Crippen molar-refractivity contribution >= 4 is 43.8 Å². The largest absolute Gasteiger partial charge is 0.302 e. The molecule has 30 heavy (non-hydrogen) atoms. The second kappa shape index (κ2) is 8.13. The zero-order valence-corrected chi connectivity index (χ0v) is 18.9. The molecule has 10 heteroatoms. The van der Waals surface area contributed by atoms with Crippen LogP contribution in [0.1, 0.15) is 29.4 Å². The highest BCUT2D eigenvalue weighted by Gasteiger charge is 2.31. The van der Waals surface area contributed by atoms with Crippen LogP contribution >= 0.6 is 22.9 Å². The maximum absolute atomic E-state index is 12.6. The van der Waals surface area contributed by atoms with E-state index in [9.17, 15) is 13.2 Å². The van der Waals surface area contributed by atoms with E-state index < -0.39 is 9.84 Å². The van der Waals surface area contributed by atoms with Crippen molar-refractivity contribution in [3.8, 4) is 11.3 Å². The van der Waals surface area contributed by atoms with Gasteiger partial charge < -0.3 is 5.32 Å². The summed E-state index contributed by atoms with van der Waals surface area (Å²) in [6.45, 7) is 3.73. The average molecular weight is 465 g/mol. The lowest BCUT2D eigenvalue weighted by Gasteiger charge is -2.11. The highest BCUT2D eigenvalue weighted by molar-refractivity contribution is 7.91. The highest BCUT2D eigenvalue weighted by Crippen LogP contribution is 2.28. The Hall–Kier alpha value is -2.23. The van der Waals surface area contributed by atoms with E-state index in [0.29, 0.717) is 16.6 Å². The van der Waals surface area contributed by atoms with Gasteiger partial charge >= 0.3 is 0 Å². The molecule has 0 saturated carbocycles. The molecule has 1 unspecified atom stereocenters. The summed E-state index contributed by atoms with van der Waals surface area (Å²) in [4.78, 5) is 17.1. The molecule has 1 fully saturated rings. The average Bonchev–Trinajstić information content (AvgIpc) is 3.36. The molecule has 0 aliphatic carbocycles. The van der Waals surface area contributed by atoms with E-state index in [4.69, 9.17) is 11.6 Å². The Labute approximate surface area is 184 Å². The maximum Gasteiger partial charge on any atom is 0.230 e. The first kappa shape index (κ1) is 21.0. The van der Waals surface area contributed by atoms with Crippen molar-refractivity contribution in [2.45, 2.75) is 32.7 Å². The fraction of sp³-hybridized carbons (Fsp3) is 0.350. The molecule has 1 atom stereocenters. The Bertz CT molecular complexity index is 1200. The predicted molar refractivity (Wildman–Crippen MR) is 119 cm³/mol. The second-order valence-electron chi connectivity index (χ2n) is 7.42. The van der Waals surface area contributed by atoms with Crippen molar-refractivity contribution in [3.63, 3.8) is 0 Å². The molecule has 4 rings (SSSR count). The van der Waals surface area contributed by atoms with Gasteiger partial charge in [0.1, 0.15) is 0 Å². The molecule has 1 saturated heterocycles. The van der Waals surface area contributed by atoms with Gasteiger partial charge in [-0.2, -0.15) is 5.10 Å². The van der Waals surface area contributed by atoms with E-state index in [1.54, 1.807) is 16.8 Å². The monoisotopic (exact) mass is 464 g/mol. The van der Waals surface area contributed by atoms with Crippen LogP contribution in [0.5, 0.6) is 0 Å². The SMILES string of the molecule is Cc1nn(C2CCS(=O)(=O)C2)c(C)c1CC(=O)Nc1nc(-c2ccc(Cl)cc2)cs1. The summed E-state index contributed by atoms with van der Waals surface area (Å²) in [7, 11) is -3.01. The number of nitrogens with one attached hydrogen (secondary N) is 1. The molecular formula is C20H21ClN4O3S2. The first-order valence-corrected chi connectivity index (χ1v) is 12.6. The fourth-order valence-corrected chi connectivity index (χ4v) is 6.24. The number of benzene rings is 1. The number of thiazole rings is 1. The number of anilines is 1. The van der Waals surface area contributed by atoms with Gasteiger partial charge in [-0.15, -0.1) is 11.3 Å². The number of nitrogens with zero attached hydrogens (tertiary/aromatic N) is 3. The zero-order chi connectivity index (χ0) is 21.5. The topological polar surface area (TPSA) is 94.0 Å². The molecule has 1 aliphatic heterocycles. The molecule has 3 heterocycles. The van der Waals surface area contributed by atoms with Gasteiger partial charge in [0, 0.05) is 27.2 Å². The number of sulfone groups is 1. The fourth-order valence-electron chi connectivity index (χ4n) is 3.69. The molecular weight excluding hydrogens is 444 g/mol. The van der Waals surface area contributed by atoms with Gasteiger partial charge in [0.25, 0.3) is 0 Å². The summed E-state index contributed by atoms with van der Waals surface area (Å²) in [6.07, 6.45) is 0.718. The molecule has 0 radical (unpaired) electrons. The summed E-state index contributed by atoms with van der Waals surface area (Å²) in [5, 5.41) is 10.4. The summed E-state index contributed by atoms with van der Waals surface area (Å²) in [5.74, 6) is 0.107. The lowest BCUT2D eigenvalue weighted by Crippen LogP contribution is -2.16. The van der Waals surface area contributed by atoms with Gasteiger partial charge in [-0.25, -0.2) is 13.4 Å². The number of carbonyl (C=O) groups excluding carboxylic acids is 1. The molecule has 2 aromatic heterocycles. The van der Waals surface area contributed by atoms with Crippen molar-refractivity contribution in [3.05, 3.63) is 51.6 Å². The number of amides is 1. The van der Waals surface area contributed by atoms with Crippen molar-refractivity contribution in [1.82, 2.24) is 14.8 Å². The number of rotatable bonds is 5. The van der Waals surface area contributed by atoms with Gasteiger partial charge in [-0.1, -0.05) is 23.7 Å². The molecule has 0 bridgehead atoms. The van der Waals surface area contributed by atoms with Crippen LogP contribution in [-0.2, 0) is 21.1 Å². The minimum atomic E-state index is -3.01. The first-order valence-electron chi connectivity index (χ1n) is 9.48. The van der Waals surface area contributed by atoms with Crippen molar-refractivity contribution in [2.75, 3.05) is 16.8 Å². The summed E-state index contributed by atoms with van der Waals surface area (Å²) >= 11 is 7.28. The van der Waals surface area contributed by atoms with Crippen molar-refractivity contribution < 1.29 is 13.2 Å². The molecule has 1 amide bonds. The van der Waals surface area contributed by atoms with Gasteiger partial charge in [-0.05, 0) is 32.4 Å². The number of hydrogen-bond acceptors (Lipinski definition) is 6. The molecule has 1 N–H and O–H groups in total. The van der Waals surface area contributed by atoms with Crippen molar-refractivity contribution in [1.29, 1.82) is 0 Å². The van der Waals surface area contributed by atoms with Gasteiger partial charge in [-0.3, -0.25) is 9.48 Å². The van der Waals surface area contributed by atoms with Crippen LogP contribution in [0.3, 0.4) is 0 Å². The van der Waals surface area contributed by atoms with E-state index in [1.165, 1.54) is 11.3 Å². The molecule has 1 aromatic carbocycles. The number of carbonyl (C=O) groups is 1. The molecule has 158 valence electrons. The Balaban J connectivity index is 1.45. The van der Waals surface area contributed by atoms with Crippen LogP contribution in [0.15, 0.2) is 29.6 Å². The standard InChI is InChI=1S/C20H21ClN4O3S2/c1-12-17(13(2)25(24-12)16-7-8-30(27,28)11-16)9-19(26)23-20-22-18(10-29-20)14-3-5-15(21)6-4-14/h3-6,10,16H,7-9,11H2,1-2H3,(H,22,23,26). The third-order valence-corrected chi connectivity index (χ3v) is 8.02. The van der Waals surface area contributed by atoms with E-state index in [0.717, 1.165) is 28.2 Å². The van der Waals surface area contributed by atoms with Crippen LogP contribution in [0, 0.1) is 13.8 Å². The number of hydrogen-bond donors (Lipinski definition) is 1. The van der Waals surface area contributed by atoms with E-state index in [-0.39, 0.29) is 29.9 Å². The Kier molecular flexibility index (Phi) is 5.69. The summed E-state index contributed by atoms with van der Waals surface area (Å²) in [5.41, 5.74) is 4.11. The van der Waals surface area contributed by atoms with Crippen molar-refractivity contribution in [2.24, 2.45) is 0 Å². The summed E-state index contributed by atoms with van der Waals surface area (Å²) < 4.78 is 25.4. The minimum absolute atomic E-state index is 0.104. The number of halogens is 1. The minimum Gasteiger partial charge on any atom is -0.302 e. The Morgan fingerprint density at radius 1 is 1.30 bits per heavy atom. The Morgan fingerprint density at radius 3 is 2.70 bits per heavy atom. The van der Waals surface area contributed by atoms with Gasteiger partial charge in [0.05, 0.1) is 35.4 Å². The number of aryl methyl sites for hydroxylation is 1. The highest BCUT2D eigenvalue weighted by atomic mass is 35.5. The molecule has 0 spiro atoms. The van der Waals surface area contributed by atoms with Crippen LogP contribution in [0.4, 0.5) is 5.13 Å². The molecule has 3 aromatic rings. The molecule has 1 aliphatic rings. The first-order chi connectivity index (χ1) is 14.2. The smallest absolute Gasteiger partial charge is 0.230 e. The van der Waals surface area contributed by atoms with Gasteiger partial charge in [0.15, 0.2) is 15.0 Å². The second-order valence-corrected chi connectivity index (χ2v) is 10.9. The quantitative estimate of drug-likeness (QED) is 0.619. The maximum atomic E-state index is 12.6. The molecule has 7 nitrogen and oxygen atoms in total. The zero-order valence-electron chi connectivity index (χ0n) is 16.6. The third kappa shape index (κ3) is 4.43. The van der Waals surface area contributed by atoms with Gasteiger partial charge in [0.2, 0.25) is 5.91 Å². The van der Waals surface area contributed by atoms with Crippen LogP contribution in [-0.4, -0.2) is 40.6 Å². The number of aromatic nitrogens is 3. The summed E-state index contributed by atoms with van der Waals surface area (Å²) in [6, 6.07) is 7.20. The lowest BCUT2D eigenvalue weighted by atomic mass is 10.1. The Morgan fingerprint density at radius 2 is 2.03 bits per heavy atom. The van der Waals surface area contributed by atoms with E-state index in [1.807, 2.05) is 31.4 Å². The predicted octanol–water partition coefficient (Wildman–Crippen LogP) is 3.82. The van der Waals surface area contributed by atoms with Crippen LogP contribution in [0.2, 0.25) is 5.02 Å². The normalized spacial score (nSPS) is 17.9. The lowest BCUT2D eigenvalue weighted by molar-refractivity contribution is -0.115. The van der Waals surface area contributed by atoms with E-state index in [2.05, 4.69) is 15.4 Å². The third-order valence-electron chi connectivity index (χ3n) is 5.26. The van der Waals surface area contributed by atoms with E-state index >= 15 is 0 Å². The van der Waals surface area contributed by atoms with Crippen LogP contribution < -0.4 is 5.32 Å². The van der Waals surface area contributed by atoms with Crippen LogP contribution in [0.25, 0.3) is 11.3 Å².